The van der Waals surface area contributed by atoms with Gasteiger partial charge in [-0.1, -0.05) is 271 Å². The van der Waals surface area contributed by atoms with Crippen molar-refractivity contribution in [2.24, 2.45) is 0 Å². The van der Waals surface area contributed by atoms with E-state index in [0.29, 0.717) is 13.2 Å². The Hall–Kier alpha value is 1.05. The second kappa shape index (κ2) is 45.4. The van der Waals surface area contributed by atoms with Gasteiger partial charge in [-0.3, -0.25) is 9.05 Å². The summed E-state index contributed by atoms with van der Waals surface area (Å²) in [5, 5.41) is 0. The van der Waals surface area contributed by atoms with Crippen LogP contribution < -0.4 is 0 Å². The van der Waals surface area contributed by atoms with Crippen LogP contribution in [-0.2, 0) is 33.5 Å². The molecule has 0 spiro atoms. The van der Waals surface area contributed by atoms with E-state index in [1.807, 2.05) is 0 Å². The first kappa shape index (κ1) is 52.0. The quantitative estimate of drug-likeness (QED) is 0.0348. The summed E-state index contributed by atoms with van der Waals surface area (Å²) in [7, 11) is 0. The highest BCUT2D eigenvalue weighted by atomic mass is 33.1. The standard InChI is InChI=1S/C46H95O2PS2/c1-3-5-7-9-11-13-15-17-19-21-23-25-27-29-31-33-35-37-39-41-43-45-47-49(50,51)48-46-44-42-40-38-36-34-32-30-28-26-24-22-20-18-16-14-12-10-8-6-4-2/h3-46H2,1-2H3,(H,50,51)/p-1. The van der Waals surface area contributed by atoms with Crippen LogP contribution in [0.25, 0.3) is 0 Å². The molecule has 0 atom stereocenters. The average molecular weight is 774 g/mol. The van der Waals surface area contributed by atoms with Crippen molar-refractivity contribution in [2.45, 2.75) is 284 Å². The first-order valence-corrected chi connectivity index (χ1v) is 27.4. The Bertz CT molecular complexity index is 570. The molecule has 0 aliphatic carbocycles. The van der Waals surface area contributed by atoms with E-state index in [1.165, 1.54) is 257 Å². The highest BCUT2D eigenvalue weighted by molar-refractivity contribution is 8.70. The van der Waals surface area contributed by atoms with Crippen molar-refractivity contribution in [3.05, 3.63) is 0 Å². The van der Waals surface area contributed by atoms with Gasteiger partial charge in [-0.15, -0.1) is 0 Å². The van der Waals surface area contributed by atoms with E-state index in [2.05, 4.69) is 13.8 Å². The van der Waals surface area contributed by atoms with Crippen LogP contribution in [0.2, 0.25) is 0 Å². The van der Waals surface area contributed by atoms with Crippen LogP contribution in [0.1, 0.15) is 284 Å². The molecule has 0 unspecified atom stereocenters. The van der Waals surface area contributed by atoms with Crippen molar-refractivity contribution in [2.75, 3.05) is 13.2 Å². The van der Waals surface area contributed by atoms with E-state index in [0.717, 1.165) is 12.8 Å². The molecule has 0 aliphatic rings. The molecule has 0 bridgehead atoms. The summed E-state index contributed by atoms with van der Waals surface area (Å²) in [5.74, 6) is 0. The lowest BCUT2D eigenvalue weighted by Crippen LogP contribution is -2.01. The summed E-state index contributed by atoms with van der Waals surface area (Å²) >= 11 is 11.0. The molecule has 0 rings (SSSR count). The number of hydrogen-bond donors (Lipinski definition) is 0. The zero-order valence-electron chi connectivity index (χ0n) is 35.2. The summed E-state index contributed by atoms with van der Waals surface area (Å²) in [4.78, 5) is 0. The molecule has 0 N–H and O–H groups in total. The minimum absolute atomic E-state index is 0.680. The van der Waals surface area contributed by atoms with Gasteiger partial charge in [0.05, 0.1) is 13.2 Å². The minimum Gasteiger partial charge on any atom is -0.516 e. The van der Waals surface area contributed by atoms with E-state index >= 15 is 0 Å². The first-order chi connectivity index (χ1) is 25.1. The molecule has 0 aromatic heterocycles. The van der Waals surface area contributed by atoms with Crippen molar-refractivity contribution in [1.29, 1.82) is 0 Å². The van der Waals surface area contributed by atoms with Crippen LogP contribution >= 0.6 is 6.12 Å². The maximum absolute atomic E-state index is 5.84. The van der Waals surface area contributed by atoms with Crippen molar-refractivity contribution in [3.63, 3.8) is 0 Å². The summed E-state index contributed by atoms with van der Waals surface area (Å²) in [5.41, 5.74) is 0. The van der Waals surface area contributed by atoms with Crippen LogP contribution in [0.5, 0.6) is 0 Å². The monoisotopic (exact) mass is 774 g/mol. The van der Waals surface area contributed by atoms with Crippen LogP contribution in [0.3, 0.4) is 0 Å². The van der Waals surface area contributed by atoms with Gasteiger partial charge < -0.3 is 24.5 Å². The fourth-order valence-electron chi connectivity index (χ4n) is 7.46. The molecule has 0 radical (unpaired) electrons. The van der Waals surface area contributed by atoms with Gasteiger partial charge in [0.1, 0.15) is 0 Å². The van der Waals surface area contributed by atoms with Gasteiger partial charge in [0.15, 0.2) is 0 Å². The predicted octanol–water partition coefficient (Wildman–Crippen LogP) is 18.2. The van der Waals surface area contributed by atoms with Crippen LogP contribution in [0, 0.1) is 0 Å². The average Bonchev–Trinajstić information content (AvgIpc) is 3.12. The van der Waals surface area contributed by atoms with Crippen molar-refractivity contribution in [3.8, 4) is 0 Å². The normalized spacial score (nSPS) is 12.0. The van der Waals surface area contributed by atoms with Crippen molar-refractivity contribution >= 4 is 30.6 Å². The highest BCUT2D eigenvalue weighted by Crippen LogP contribution is 2.56. The Labute approximate surface area is 334 Å². The van der Waals surface area contributed by atoms with Gasteiger partial charge in [-0.05, 0) is 12.8 Å². The Morgan fingerprint density at radius 1 is 0.235 bits per heavy atom. The van der Waals surface area contributed by atoms with Crippen LogP contribution in [0.15, 0.2) is 0 Å². The smallest absolute Gasteiger partial charge is 0.0892 e. The molecule has 5 heteroatoms. The van der Waals surface area contributed by atoms with Gasteiger partial charge in [0.2, 0.25) is 0 Å². The van der Waals surface area contributed by atoms with Gasteiger partial charge >= 0.3 is 0 Å². The number of hydrogen-bond acceptors (Lipinski definition) is 4. The maximum Gasteiger partial charge on any atom is 0.0892 e. The van der Waals surface area contributed by atoms with E-state index < -0.39 is 6.12 Å². The zero-order valence-corrected chi connectivity index (χ0v) is 37.7. The Balaban J connectivity index is 3.24. The molecule has 0 aromatic carbocycles. The van der Waals surface area contributed by atoms with Crippen molar-refractivity contribution < 1.29 is 9.05 Å². The van der Waals surface area contributed by atoms with Gasteiger partial charge in [0.25, 0.3) is 0 Å². The number of rotatable bonds is 46. The summed E-state index contributed by atoms with van der Waals surface area (Å²) < 4.78 is 11.7. The molecular formula is C46H94O2PS2-. The van der Waals surface area contributed by atoms with Gasteiger partial charge in [0, 0.05) is 6.12 Å². The molecule has 0 heterocycles. The van der Waals surface area contributed by atoms with E-state index in [9.17, 15) is 0 Å². The Morgan fingerprint density at radius 3 is 0.529 bits per heavy atom. The molecular weight excluding hydrogens is 680 g/mol. The largest absolute Gasteiger partial charge is 0.516 e. The molecule has 0 fully saturated rings. The topological polar surface area (TPSA) is 18.5 Å². The van der Waals surface area contributed by atoms with Crippen LogP contribution in [-0.4, -0.2) is 13.2 Å². The maximum atomic E-state index is 5.84. The number of unbranched alkanes of at least 4 members (excludes halogenated alkanes) is 40. The fourth-order valence-corrected chi connectivity index (χ4v) is 9.13. The molecule has 0 saturated carbocycles. The molecule has 2 nitrogen and oxygen atoms in total. The molecule has 308 valence electrons. The second-order valence-corrected chi connectivity index (χ2v) is 21.2. The lowest BCUT2D eigenvalue weighted by molar-refractivity contribution is 0.247. The minimum atomic E-state index is -2.47. The van der Waals surface area contributed by atoms with E-state index in [1.54, 1.807) is 0 Å². The van der Waals surface area contributed by atoms with E-state index in [4.69, 9.17) is 33.5 Å². The van der Waals surface area contributed by atoms with E-state index in [-0.39, 0.29) is 0 Å². The summed E-state index contributed by atoms with van der Waals surface area (Å²) in [6, 6.07) is 0. The lowest BCUT2D eigenvalue weighted by atomic mass is 10.0. The molecule has 0 aliphatic heterocycles. The molecule has 0 aromatic rings. The summed E-state index contributed by atoms with van der Waals surface area (Å²) in [6.07, 6.45) is 56.5. The Kier molecular flexibility index (Phi) is 46.4. The second-order valence-electron chi connectivity index (χ2n) is 16.3. The fraction of sp³-hybridized carbons (Fsp3) is 1.00. The first-order valence-electron chi connectivity index (χ1n) is 23.7. The SMILES string of the molecule is CCCCCCCCCCCCCCCCCCCCCCCO[P+]([S-])([S-])OCCCCCCCCCCCCCCCCCCCCCCC. The van der Waals surface area contributed by atoms with Gasteiger partial charge in [-0.25, -0.2) is 0 Å². The third kappa shape index (κ3) is 47.1. The third-order valence-corrected chi connectivity index (χ3v) is 13.3. The molecule has 0 amide bonds. The predicted molar refractivity (Wildman–Crippen MR) is 239 cm³/mol. The Morgan fingerprint density at radius 2 is 0.373 bits per heavy atom. The summed E-state index contributed by atoms with van der Waals surface area (Å²) in [6.45, 7) is 5.96. The third-order valence-electron chi connectivity index (χ3n) is 11.0. The molecule has 0 saturated heterocycles. The van der Waals surface area contributed by atoms with Crippen molar-refractivity contribution in [1.82, 2.24) is 0 Å². The zero-order chi connectivity index (χ0) is 37.0. The highest BCUT2D eigenvalue weighted by Gasteiger charge is 2.10. The van der Waals surface area contributed by atoms with Gasteiger partial charge in [-0.2, -0.15) is 0 Å². The lowest BCUT2D eigenvalue weighted by Gasteiger charge is -2.34. The molecule has 51 heavy (non-hydrogen) atoms. The van der Waals surface area contributed by atoms with Crippen LogP contribution in [0.4, 0.5) is 0 Å².